The van der Waals surface area contributed by atoms with Crippen LogP contribution in [-0.4, -0.2) is 65.6 Å². The van der Waals surface area contributed by atoms with E-state index in [2.05, 4.69) is 10.2 Å². The molecule has 4 aromatic rings. The van der Waals surface area contributed by atoms with E-state index in [0.29, 0.717) is 29.1 Å². The first kappa shape index (κ1) is 25.5. The number of hydrogen-bond donors (Lipinski definition) is 1. The zero-order valence-corrected chi connectivity index (χ0v) is 22.8. The van der Waals surface area contributed by atoms with Gasteiger partial charge in [0.1, 0.15) is 5.69 Å². The van der Waals surface area contributed by atoms with E-state index >= 15 is 0 Å². The number of para-hydroxylation sites is 1. The minimum atomic E-state index is -0.345. The smallest absolute Gasteiger partial charge is 0.274 e. The lowest BCUT2D eigenvalue weighted by Crippen LogP contribution is -2.42. The molecule has 8 nitrogen and oxygen atoms in total. The molecule has 3 aliphatic heterocycles. The van der Waals surface area contributed by atoms with E-state index < -0.39 is 0 Å². The number of nitrogens with zero attached hydrogens (tertiary/aromatic N) is 3. The summed E-state index contributed by atoms with van der Waals surface area (Å²) in [7, 11) is 0. The molecular weight excluding hydrogens is 516 g/mol. The molecule has 7 rings (SSSR count). The number of fused-ring (bicyclic) bond motifs is 2. The van der Waals surface area contributed by atoms with Crippen molar-refractivity contribution < 1.29 is 19.1 Å². The lowest BCUT2D eigenvalue weighted by atomic mass is 9.99. The van der Waals surface area contributed by atoms with Gasteiger partial charge in [0.15, 0.2) is 11.5 Å². The van der Waals surface area contributed by atoms with E-state index in [1.54, 1.807) is 6.07 Å². The molecule has 0 unspecified atom stereocenters. The molecule has 1 aromatic heterocycles. The molecule has 8 heteroatoms. The van der Waals surface area contributed by atoms with Crippen LogP contribution in [0.15, 0.2) is 72.8 Å². The molecular formula is C33H32N4O4. The Bertz CT molecular complexity index is 1620. The molecule has 2 fully saturated rings. The largest absolute Gasteiger partial charge is 0.454 e. The maximum atomic E-state index is 14.3. The number of aromatic nitrogens is 1. The summed E-state index contributed by atoms with van der Waals surface area (Å²) in [5.74, 6) is 1.03. The molecule has 208 valence electrons. The molecule has 2 saturated heterocycles. The predicted molar refractivity (Wildman–Crippen MR) is 157 cm³/mol. The highest BCUT2D eigenvalue weighted by Crippen LogP contribution is 2.37. The average molecular weight is 549 g/mol. The van der Waals surface area contributed by atoms with Gasteiger partial charge in [0.25, 0.3) is 11.8 Å². The van der Waals surface area contributed by atoms with Crippen LogP contribution in [0.2, 0.25) is 0 Å². The summed E-state index contributed by atoms with van der Waals surface area (Å²) < 4.78 is 11.1. The van der Waals surface area contributed by atoms with E-state index in [0.717, 1.165) is 54.7 Å². The molecule has 2 amide bonds. The molecule has 3 aromatic carbocycles. The number of amides is 2. The topological polar surface area (TPSA) is 84.0 Å². The summed E-state index contributed by atoms with van der Waals surface area (Å²) in [6.45, 7) is 4.02. The van der Waals surface area contributed by atoms with Crippen LogP contribution < -0.4 is 14.8 Å². The highest BCUT2D eigenvalue weighted by atomic mass is 16.7. The van der Waals surface area contributed by atoms with Crippen molar-refractivity contribution in [2.45, 2.75) is 31.7 Å². The van der Waals surface area contributed by atoms with Crippen LogP contribution in [0.1, 0.15) is 46.5 Å². The van der Waals surface area contributed by atoms with Gasteiger partial charge < -0.3 is 24.6 Å². The first-order valence-electron chi connectivity index (χ1n) is 14.4. The van der Waals surface area contributed by atoms with Gasteiger partial charge in [-0.3, -0.25) is 9.59 Å². The van der Waals surface area contributed by atoms with Gasteiger partial charge in [0.05, 0.1) is 11.1 Å². The Hall–Kier alpha value is -4.43. The standard InChI is InChI=1S/C33H32N4O4/c38-32(34-24-7-2-1-3-8-24)29-19-27(33(39)37-16-6-9-25(37)20-36-14-4-5-15-36)26-17-22(10-12-28(26)35-29)23-11-13-30-31(18-23)41-21-40-30/h1-3,7-8,10-13,17-19,25H,4-6,9,14-16,20-21H2,(H,34,38)/t25-/m0/s1. The first-order valence-corrected chi connectivity index (χ1v) is 14.4. The van der Waals surface area contributed by atoms with Crippen LogP contribution in [0.3, 0.4) is 0 Å². The zero-order valence-electron chi connectivity index (χ0n) is 22.8. The Morgan fingerprint density at radius 1 is 0.854 bits per heavy atom. The van der Waals surface area contributed by atoms with E-state index in [1.807, 2.05) is 71.6 Å². The minimum Gasteiger partial charge on any atom is -0.454 e. The van der Waals surface area contributed by atoms with E-state index in [9.17, 15) is 9.59 Å². The summed E-state index contributed by atoms with van der Waals surface area (Å²) in [5, 5.41) is 3.65. The van der Waals surface area contributed by atoms with Gasteiger partial charge in [0.2, 0.25) is 6.79 Å². The van der Waals surface area contributed by atoms with E-state index in [-0.39, 0.29) is 30.3 Å². The van der Waals surface area contributed by atoms with Crippen molar-refractivity contribution in [3.05, 3.63) is 84.1 Å². The highest BCUT2D eigenvalue weighted by molar-refractivity contribution is 6.11. The van der Waals surface area contributed by atoms with Crippen molar-refractivity contribution in [3.8, 4) is 22.6 Å². The number of rotatable bonds is 6. The number of ether oxygens (including phenoxy) is 2. The molecule has 4 heterocycles. The Morgan fingerprint density at radius 2 is 1.63 bits per heavy atom. The van der Waals surface area contributed by atoms with E-state index in [1.165, 1.54) is 12.8 Å². The van der Waals surface area contributed by atoms with E-state index in [4.69, 9.17) is 14.5 Å². The van der Waals surface area contributed by atoms with Crippen LogP contribution in [0.4, 0.5) is 5.69 Å². The van der Waals surface area contributed by atoms with Crippen molar-refractivity contribution >= 4 is 28.4 Å². The fourth-order valence-corrected chi connectivity index (χ4v) is 6.20. The Labute approximate surface area is 238 Å². The maximum Gasteiger partial charge on any atom is 0.274 e. The van der Waals surface area contributed by atoms with Gasteiger partial charge in [0, 0.05) is 30.2 Å². The predicted octanol–water partition coefficient (Wildman–Crippen LogP) is 5.58. The molecule has 41 heavy (non-hydrogen) atoms. The minimum absolute atomic E-state index is 0.0457. The summed E-state index contributed by atoms with van der Waals surface area (Å²) in [4.78, 5) is 36.8. The number of carbonyl (C=O) groups excluding carboxylic acids is 2. The molecule has 1 atom stereocenters. The third-order valence-corrected chi connectivity index (χ3v) is 8.31. The number of likely N-dealkylation sites (tertiary alicyclic amines) is 2. The number of nitrogens with one attached hydrogen (secondary N) is 1. The SMILES string of the molecule is O=C(Nc1ccccc1)c1cc(C(=O)N2CCC[C@H]2CN2CCCC2)c2cc(-c3ccc4c(c3)OCO4)ccc2n1. The highest BCUT2D eigenvalue weighted by Gasteiger charge is 2.33. The summed E-state index contributed by atoms with van der Waals surface area (Å²) in [6.07, 6.45) is 4.42. The molecule has 1 N–H and O–H groups in total. The molecule has 0 saturated carbocycles. The van der Waals surface area contributed by atoms with Crippen LogP contribution in [0.5, 0.6) is 11.5 Å². The Kier molecular flexibility index (Phi) is 6.76. The zero-order chi connectivity index (χ0) is 27.8. The fourth-order valence-electron chi connectivity index (χ4n) is 6.20. The summed E-state index contributed by atoms with van der Waals surface area (Å²) >= 11 is 0. The fraction of sp³-hybridized carbons (Fsp3) is 0.303. The monoisotopic (exact) mass is 548 g/mol. The second-order valence-electron chi connectivity index (χ2n) is 11.0. The van der Waals surface area contributed by atoms with Gasteiger partial charge >= 0.3 is 0 Å². The van der Waals surface area contributed by atoms with Gasteiger partial charge in [-0.15, -0.1) is 0 Å². The molecule has 0 bridgehead atoms. The Balaban J connectivity index is 1.28. The van der Waals surface area contributed by atoms with Crippen molar-refractivity contribution in [1.82, 2.24) is 14.8 Å². The lowest BCUT2D eigenvalue weighted by molar-refractivity contribution is 0.0710. The van der Waals surface area contributed by atoms with Crippen molar-refractivity contribution in [2.75, 3.05) is 38.3 Å². The number of carbonyl (C=O) groups is 2. The molecule has 0 spiro atoms. The van der Waals surface area contributed by atoms with Crippen LogP contribution in [0.25, 0.3) is 22.0 Å². The van der Waals surface area contributed by atoms with Crippen LogP contribution in [-0.2, 0) is 0 Å². The van der Waals surface area contributed by atoms with Crippen molar-refractivity contribution in [2.24, 2.45) is 0 Å². The van der Waals surface area contributed by atoms with Crippen molar-refractivity contribution in [1.29, 1.82) is 0 Å². The van der Waals surface area contributed by atoms with Crippen LogP contribution in [0, 0.1) is 0 Å². The van der Waals surface area contributed by atoms with Gasteiger partial charge in [-0.2, -0.15) is 0 Å². The summed E-state index contributed by atoms with van der Waals surface area (Å²) in [6, 6.07) is 22.8. The lowest BCUT2D eigenvalue weighted by Gasteiger charge is -2.29. The molecule has 0 radical (unpaired) electrons. The summed E-state index contributed by atoms with van der Waals surface area (Å²) in [5.41, 5.74) is 3.89. The number of hydrogen-bond acceptors (Lipinski definition) is 6. The average Bonchev–Trinajstić information content (AvgIpc) is 3.79. The Morgan fingerprint density at radius 3 is 2.49 bits per heavy atom. The quantitative estimate of drug-likeness (QED) is 0.339. The third kappa shape index (κ3) is 5.11. The molecule has 3 aliphatic rings. The number of benzene rings is 3. The van der Waals surface area contributed by atoms with Crippen molar-refractivity contribution in [3.63, 3.8) is 0 Å². The molecule has 0 aliphatic carbocycles. The number of anilines is 1. The van der Waals surface area contributed by atoms with Gasteiger partial charge in [-0.05, 0) is 92.4 Å². The first-order chi connectivity index (χ1) is 20.1. The van der Waals surface area contributed by atoms with Gasteiger partial charge in [-0.25, -0.2) is 4.98 Å². The number of pyridine rings is 1. The second-order valence-corrected chi connectivity index (χ2v) is 11.0. The van der Waals surface area contributed by atoms with Gasteiger partial charge in [-0.1, -0.05) is 30.3 Å². The normalized spacial score (nSPS) is 18.2. The second kappa shape index (κ2) is 10.9. The third-order valence-electron chi connectivity index (χ3n) is 8.31. The van der Waals surface area contributed by atoms with Crippen LogP contribution >= 0.6 is 0 Å². The maximum absolute atomic E-state index is 14.3.